The molecule has 0 fully saturated rings. The van der Waals surface area contributed by atoms with E-state index in [9.17, 15) is 9.59 Å². The molecule has 0 heterocycles. The predicted octanol–water partition coefficient (Wildman–Crippen LogP) is 0.966. The molecule has 0 radical (unpaired) electrons. The molecule has 0 bridgehead atoms. The molecule has 4 heteroatoms. The van der Waals surface area contributed by atoms with E-state index in [1.807, 2.05) is 20.8 Å². The fourth-order valence-corrected chi connectivity index (χ4v) is 0.768. The van der Waals surface area contributed by atoms with Crippen molar-refractivity contribution in [2.75, 3.05) is 13.6 Å². The number of hydrogen-bond donors (Lipinski definition) is 1. The summed E-state index contributed by atoms with van der Waals surface area (Å²) in [6, 6.07) is 0. The first-order valence-electron chi connectivity index (χ1n) is 4.22. The molecule has 0 atom stereocenters. The summed E-state index contributed by atoms with van der Waals surface area (Å²) in [5.74, 6) is -2.24. The lowest BCUT2D eigenvalue weighted by atomic mass is 9.92. The Morgan fingerprint density at radius 1 is 1.31 bits per heavy atom. The Morgan fingerprint density at radius 2 is 1.77 bits per heavy atom. The third kappa shape index (κ3) is 5.22. The SMILES string of the molecule is CN(CCC(C)(C)C)C(=O)C(=O)O. The van der Waals surface area contributed by atoms with Crippen molar-refractivity contribution >= 4 is 11.9 Å². The van der Waals surface area contributed by atoms with Gasteiger partial charge >= 0.3 is 11.9 Å². The molecule has 76 valence electrons. The molecule has 0 aromatic rings. The predicted molar refractivity (Wildman–Crippen MR) is 49.3 cm³/mol. The van der Waals surface area contributed by atoms with Gasteiger partial charge in [0, 0.05) is 13.6 Å². The van der Waals surface area contributed by atoms with E-state index in [-0.39, 0.29) is 5.41 Å². The van der Waals surface area contributed by atoms with Crippen LogP contribution in [0.2, 0.25) is 0 Å². The van der Waals surface area contributed by atoms with Gasteiger partial charge in [-0.05, 0) is 11.8 Å². The summed E-state index contributed by atoms with van der Waals surface area (Å²) in [6.07, 6.45) is 0.794. The van der Waals surface area contributed by atoms with Crippen molar-refractivity contribution in [3.05, 3.63) is 0 Å². The number of likely N-dealkylation sites (N-methyl/N-ethyl adjacent to an activating group) is 1. The lowest BCUT2D eigenvalue weighted by molar-refractivity contribution is -0.155. The molecule has 0 aliphatic heterocycles. The van der Waals surface area contributed by atoms with E-state index in [4.69, 9.17) is 5.11 Å². The number of carbonyl (C=O) groups is 2. The Hall–Kier alpha value is -1.06. The van der Waals surface area contributed by atoms with E-state index in [1.54, 1.807) is 0 Å². The average Bonchev–Trinajstić information content (AvgIpc) is 1.97. The molecule has 13 heavy (non-hydrogen) atoms. The van der Waals surface area contributed by atoms with Gasteiger partial charge in [0.2, 0.25) is 0 Å². The molecule has 1 amide bonds. The van der Waals surface area contributed by atoms with Gasteiger partial charge in [-0.25, -0.2) is 4.79 Å². The molecule has 4 nitrogen and oxygen atoms in total. The van der Waals surface area contributed by atoms with E-state index in [0.717, 1.165) is 6.42 Å². The lowest BCUT2D eigenvalue weighted by Gasteiger charge is -2.22. The summed E-state index contributed by atoms with van der Waals surface area (Å²) in [5.41, 5.74) is 0.118. The molecule has 0 rings (SSSR count). The van der Waals surface area contributed by atoms with Crippen LogP contribution in [0.5, 0.6) is 0 Å². The molecule has 1 N–H and O–H groups in total. The molecule has 0 saturated heterocycles. The number of hydrogen-bond acceptors (Lipinski definition) is 2. The highest BCUT2D eigenvalue weighted by Gasteiger charge is 2.19. The van der Waals surface area contributed by atoms with Crippen LogP contribution in [0.1, 0.15) is 27.2 Å². The van der Waals surface area contributed by atoms with E-state index in [0.29, 0.717) is 6.54 Å². The minimum Gasteiger partial charge on any atom is -0.474 e. The van der Waals surface area contributed by atoms with Crippen molar-refractivity contribution in [3.8, 4) is 0 Å². The van der Waals surface area contributed by atoms with Gasteiger partial charge in [-0.2, -0.15) is 0 Å². The van der Waals surface area contributed by atoms with E-state index >= 15 is 0 Å². The van der Waals surface area contributed by atoms with Crippen LogP contribution in [0.3, 0.4) is 0 Å². The van der Waals surface area contributed by atoms with E-state index in [1.165, 1.54) is 11.9 Å². The Labute approximate surface area is 78.5 Å². The van der Waals surface area contributed by atoms with E-state index < -0.39 is 11.9 Å². The number of aliphatic carboxylic acids is 1. The summed E-state index contributed by atoms with van der Waals surface area (Å²) in [5, 5.41) is 8.39. The fraction of sp³-hybridized carbons (Fsp3) is 0.778. The lowest BCUT2D eigenvalue weighted by Crippen LogP contribution is -2.35. The molecule has 0 saturated carbocycles. The zero-order valence-electron chi connectivity index (χ0n) is 8.63. The summed E-state index contributed by atoms with van der Waals surface area (Å²) in [7, 11) is 1.50. The summed E-state index contributed by atoms with van der Waals surface area (Å²) < 4.78 is 0. The van der Waals surface area contributed by atoms with Crippen LogP contribution in [0, 0.1) is 5.41 Å². The highest BCUT2D eigenvalue weighted by Crippen LogP contribution is 2.18. The summed E-state index contributed by atoms with van der Waals surface area (Å²) in [6.45, 7) is 6.62. The van der Waals surface area contributed by atoms with Crippen molar-refractivity contribution < 1.29 is 14.7 Å². The second-order valence-electron chi connectivity index (χ2n) is 4.34. The Morgan fingerprint density at radius 3 is 2.08 bits per heavy atom. The summed E-state index contributed by atoms with van der Waals surface area (Å²) >= 11 is 0. The van der Waals surface area contributed by atoms with Crippen LogP contribution in [0.15, 0.2) is 0 Å². The maximum atomic E-state index is 10.9. The van der Waals surface area contributed by atoms with Crippen LogP contribution >= 0.6 is 0 Å². The number of carboxylic acid groups (broad SMARTS) is 1. The zero-order chi connectivity index (χ0) is 10.6. The molecule has 0 spiro atoms. The number of carboxylic acids is 1. The van der Waals surface area contributed by atoms with Crippen LogP contribution in [-0.4, -0.2) is 35.5 Å². The van der Waals surface area contributed by atoms with Gasteiger partial charge in [-0.3, -0.25) is 4.79 Å². The van der Waals surface area contributed by atoms with Crippen molar-refractivity contribution in [3.63, 3.8) is 0 Å². The third-order valence-electron chi connectivity index (χ3n) is 1.73. The smallest absolute Gasteiger partial charge is 0.394 e. The largest absolute Gasteiger partial charge is 0.474 e. The van der Waals surface area contributed by atoms with Gasteiger partial charge in [-0.1, -0.05) is 20.8 Å². The Balaban J connectivity index is 3.95. The standard InChI is InChI=1S/C9H17NO3/c1-9(2,3)5-6-10(4)7(11)8(12)13/h5-6H2,1-4H3,(H,12,13). The molecule has 0 aromatic carbocycles. The number of carbonyl (C=O) groups excluding carboxylic acids is 1. The number of amides is 1. The third-order valence-corrected chi connectivity index (χ3v) is 1.73. The first-order chi connectivity index (χ1) is 5.74. The number of rotatable bonds is 2. The molecular weight excluding hydrogens is 170 g/mol. The molecular formula is C9H17NO3. The highest BCUT2D eigenvalue weighted by molar-refractivity contribution is 6.31. The Bertz CT molecular complexity index is 205. The van der Waals surface area contributed by atoms with Crippen LogP contribution in [0.25, 0.3) is 0 Å². The monoisotopic (exact) mass is 187 g/mol. The average molecular weight is 187 g/mol. The molecule has 0 aliphatic rings. The molecule has 0 aromatic heterocycles. The second-order valence-corrected chi connectivity index (χ2v) is 4.34. The van der Waals surface area contributed by atoms with Crippen molar-refractivity contribution in [2.24, 2.45) is 5.41 Å². The fourth-order valence-electron chi connectivity index (χ4n) is 0.768. The van der Waals surface area contributed by atoms with Gasteiger partial charge in [0.05, 0.1) is 0 Å². The van der Waals surface area contributed by atoms with Gasteiger partial charge in [0.1, 0.15) is 0 Å². The van der Waals surface area contributed by atoms with Crippen molar-refractivity contribution in [2.45, 2.75) is 27.2 Å². The van der Waals surface area contributed by atoms with Crippen LogP contribution < -0.4 is 0 Å². The van der Waals surface area contributed by atoms with Crippen molar-refractivity contribution in [1.82, 2.24) is 4.90 Å². The first kappa shape index (κ1) is 11.9. The van der Waals surface area contributed by atoms with Gasteiger partial charge < -0.3 is 10.0 Å². The van der Waals surface area contributed by atoms with Gasteiger partial charge in [-0.15, -0.1) is 0 Å². The molecule has 0 unspecified atom stereocenters. The highest BCUT2D eigenvalue weighted by atomic mass is 16.4. The topological polar surface area (TPSA) is 57.6 Å². The minimum atomic E-state index is -1.39. The minimum absolute atomic E-state index is 0.118. The van der Waals surface area contributed by atoms with Crippen LogP contribution in [-0.2, 0) is 9.59 Å². The normalized spacial score (nSPS) is 11.1. The van der Waals surface area contributed by atoms with Gasteiger partial charge in [0.15, 0.2) is 0 Å². The summed E-state index contributed by atoms with van der Waals surface area (Å²) in [4.78, 5) is 22.4. The van der Waals surface area contributed by atoms with Crippen molar-refractivity contribution in [1.29, 1.82) is 0 Å². The molecule has 0 aliphatic carbocycles. The van der Waals surface area contributed by atoms with E-state index in [2.05, 4.69) is 0 Å². The Kier molecular flexibility index (Phi) is 3.91. The van der Waals surface area contributed by atoms with Gasteiger partial charge in [0.25, 0.3) is 0 Å². The first-order valence-corrected chi connectivity index (χ1v) is 4.22. The maximum absolute atomic E-state index is 10.9. The second kappa shape index (κ2) is 4.25. The maximum Gasteiger partial charge on any atom is 0.394 e. The quantitative estimate of drug-likeness (QED) is 0.655. The zero-order valence-corrected chi connectivity index (χ0v) is 8.63. The number of nitrogens with zero attached hydrogens (tertiary/aromatic N) is 1. The van der Waals surface area contributed by atoms with Crippen LogP contribution in [0.4, 0.5) is 0 Å².